The number of carbonyl (C=O) groups is 2. The van der Waals surface area contributed by atoms with Crippen LogP contribution in [0.4, 0.5) is 13.2 Å². The number of benzene rings is 1. The van der Waals surface area contributed by atoms with Crippen LogP contribution in [0.25, 0.3) is 0 Å². The molecule has 7 nitrogen and oxygen atoms in total. The SMILES string of the molecule is O=C(O)COc1ccc(CCNC(=O)c2ccnc(OCC(F)(F)F)c2)cc1. The molecule has 0 aliphatic heterocycles. The third-order valence-electron chi connectivity index (χ3n) is 3.37. The molecular weight excluding hydrogens is 381 g/mol. The fourth-order valence-electron chi connectivity index (χ4n) is 2.11. The largest absolute Gasteiger partial charge is 0.482 e. The minimum absolute atomic E-state index is 0.129. The fraction of sp³-hybridized carbons (Fsp3) is 0.278. The van der Waals surface area contributed by atoms with Crippen molar-refractivity contribution in [2.45, 2.75) is 12.6 Å². The Labute approximate surface area is 158 Å². The van der Waals surface area contributed by atoms with Crippen molar-refractivity contribution in [2.24, 2.45) is 0 Å². The van der Waals surface area contributed by atoms with Gasteiger partial charge in [0.25, 0.3) is 5.91 Å². The van der Waals surface area contributed by atoms with E-state index in [4.69, 9.17) is 9.84 Å². The standard InChI is InChI=1S/C18H17F3N2O5/c19-18(20,21)11-28-15-9-13(6-8-22-15)17(26)23-7-5-12-1-3-14(4-2-12)27-10-16(24)25/h1-4,6,8-9H,5,7,10-11H2,(H,23,26)(H,24,25). The molecule has 0 bridgehead atoms. The van der Waals surface area contributed by atoms with Gasteiger partial charge in [-0.15, -0.1) is 0 Å². The van der Waals surface area contributed by atoms with Crippen LogP contribution in [0.1, 0.15) is 15.9 Å². The van der Waals surface area contributed by atoms with Gasteiger partial charge < -0.3 is 19.9 Å². The summed E-state index contributed by atoms with van der Waals surface area (Å²) in [6.45, 7) is -1.64. The Hall–Kier alpha value is -3.30. The van der Waals surface area contributed by atoms with Gasteiger partial charge in [-0.25, -0.2) is 9.78 Å². The molecule has 0 aliphatic rings. The van der Waals surface area contributed by atoms with E-state index < -0.39 is 31.3 Å². The van der Waals surface area contributed by atoms with Gasteiger partial charge in [0.2, 0.25) is 5.88 Å². The highest BCUT2D eigenvalue weighted by atomic mass is 19.4. The summed E-state index contributed by atoms with van der Waals surface area (Å²) in [5.74, 6) is -1.42. The van der Waals surface area contributed by atoms with Crippen molar-refractivity contribution in [2.75, 3.05) is 19.8 Å². The number of halogens is 3. The average Bonchev–Trinajstić information content (AvgIpc) is 2.65. The smallest absolute Gasteiger partial charge is 0.422 e. The molecule has 0 fully saturated rings. The number of alkyl halides is 3. The number of hydrogen-bond acceptors (Lipinski definition) is 5. The first-order valence-electron chi connectivity index (χ1n) is 8.10. The summed E-state index contributed by atoms with van der Waals surface area (Å²) >= 11 is 0. The molecule has 0 saturated heterocycles. The second kappa shape index (κ2) is 9.58. The van der Waals surface area contributed by atoms with Gasteiger partial charge in [-0.05, 0) is 30.2 Å². The first-order valence-corrected chi connectivity index (χ1v) is 8.10. The van der Waals surface area contributed by atoms with Gasteiger partial charge in [0.05, 0.1) is 0 Å². The maximum atomic E-state index is 12.2. The number of carboxylic acids is 1. The fourth-order valence-corrected chi connectivity index (χ4v) is 2.11. The molecule has 150 valence electrons. The van der Waals surface area contributed by atoms with E-state index >= 15 is 0 Å². The van der Waals surface area contributed by atoms with E-state index in [0.717, 1.165) is 11.6 Å². The van der Waals surface area contributed by atoms with Crippen molar-refractivity contribution in [1.82, 2.24) is 10.3 Å². The summed E-state index contributed by atoms with van der Waals surface area (Å²) in [4.78, 5) is 26.2. The number of rotatable bonds is 9. The second-order valence-electron chi connectivity index (χ2n) is 5.62. The van der Waals surface area contributed by atoms with Gasteiger partial charge >= 0.3 is 12.1 Å². The number of amides is 1. The Kier molecular flexibility index (Phi) is 7.19. The maximum absolute atomic E-state index is 12.2. The number of hydrogen-bond donors (Lipinski definition) is 2. The zero-order valence-corrected chi connectivity index (χ0v) is 14.5. The summed E-state index contributed by atoms with van der Waals surface area (Å²) in [5, 5.41) is 11.2. The molecule has 2 aromatic rings. The van der Waals surface area contributed by atoms with E-state index in [1.165, 1.54) is 12.3 Å². The molecule has 1 aromatic carbocycles. The number of ether oxygens (including phenoxy) is 2. The van der Waals surface area contributed by atoms with Gasteiger partial charge in [0, 0.05) is 24.4 Å². The number of carbonyl (C=O) groups excluding carboxylic acids is 1. The molecule has 0 atom stereocenters. The van der Waals surface area contributed by atoms with Crippen LogP contribution in [0.5, 0.6) is 11.6 Å². The zero-order chi connectivity index (χ0) is 20.6. The van der Waals surface area contributed by atoms with Crippen molar-refractivity contribution in [3.8, 4) is 11.6 Å². The van der Waals surface area contributed by atoms with Crippen LogP contribution in [0, 0.1) is 0 Å². The Balaban J connectivity index is 1.81. The second-order valence-corrected chi connectivity index (χ2v) is 5.62. The van der Waals surface area contributed by atoms with Crippen LogP contribution in [-0.2, 0) is 11.2 Å². The molecule has 0 unspecified atom stereocenters. The first-order chi connectivity index (χ1) is 13.2. The van der Waals surface area contributed by atoms with Crippen LogP contribution < -0.4 is 14.8 Å². The number of aliphatic carboxylic acids is 1. The van der Waals surface area contributed by atoms with Crippen molar-refractivity contribution < 1.29 is 37.3 Å². The Morgan fingerprint density at radius 2 is 1.82 bits per heavy atom. The third-order valence-corrected chi connectivity index (χ3v) is 3.37. The Bertz CT molecular complexity index is 810. The minimum atomic E-state index is -4.49. The highest BCUT2D eigenvalue weighted by Crippen LogP contribution is 2.17. The van der Waals surface area contributed by atoms with E-state index in [0.29, 0.717) is 12.2 Å². The third kappa shape index (κ3) is 7.52. The Morgan fingerprint density at radius 1 is 1.11 bits per heavy atom. The Morgan fingerprint density at radius 3 is 2.46 bits per heavy atom. The molecule has 1 aromatic heterocycles. The molecule has 2 rings (SSSR count). The molecule has 0 saturated carbocycles. The van der Waals surface area contributed by atoms with Crippen LogP contribution in [0.3, 0.4) is 0 Å². The predicted molar refractivity (Wildman–Crippen MR) is 91.4 cm³/mol. The topological polar surface area (TPSA) is 97.8 Å². The summed E-state index contributed by atoms with van der Waals surface area (Å²) < 4.78 is 46.0. The minimum Gasteiger partial charge on any atom is -0.482 e. The van der Waals surface area contributed by atoms with E-state index in [1.54, 1.807) is 24.3 Å². The lowest BCUT2D eigenvalue weighted by molar-refractivity contribution is -0.154. The van der Waals surface area contributed by atoms with Crippen molar-refractivity contribution in [3.63, 3.8) is 0 Å². The number of nitrogens with one attached hydrogen (secondary N) is 1. The predicted octanol–water partition coefficient (Wildman–Crippen LogP) is 2.46. The van der Waals surface area contributed by atoms with E-state index in [2.05, 4.69) is 15.0 Å². The molecule has 0 spiro atoms. The van der Waals surface area contributed by atoms with Gasteiger partial charge in [-0.1, -0.05) is 12.1 Å². The summed E-state index contributed by atoms with van der Waals surface area (Å²) in [5.41, 5.74) is 1.01. The van der Waals surface area contributed by atoms with Crippen molar-refractivity contribution in [1.29, 1.82) is 0 Å². The first kappa shape index (κ1) is 21.0. The van der Waals surface area contributed by atoms with E-state index in [-0.39, 0.29) is 18.0 Å². The van der Waals surface area contributed by atoms with Gasteiger partial charge in [0.15, 0.2) is 13.2 Å². The summed E-state index contributed by atoms with van der Waals surface area (Å²) in [6.07, 6.45) is -2.81. The van der Waals surface area contributed by atoms with Crippen LogP contribution >= 0.6 is 0 Å². The average molecular weight is 398 g/mol. The van der Waals surface area contributed by atoms with E-state index in [1.807, 2.05) is 0 Å². The number of carboxylic acid groups (broad SMARTS) is 1. The molecule has 28 heavy (non-hydrogen) atoms. The van der Waals surface area contributed by atoms with Gasteiger partial charge in [0.1, 0.15) is 5.75 Å². The summed E-state index contributed by atoms with van der Waals surface area (Å²) in [6, 6.07) is 9.21. The number of nitrogens with zero attached hydrogens (tertiary/aromatic N) is 1. The number of aromatic nitrogens is 1. The summed E-state index contributed by atoms with van der Waals surface area (Å²) in [7, 11) is 0. The molecule has 2 N–H and O–H groups in total. The highest BCUT2D eigenvalue weighted by Gasteiger charge is 2.28. The highest BCUT2D eigenvalue weighted by molar-refractivity contribution is 5.94. The van der Waals surface area contributed by atoms with Crippen LogP contribution in [-0.4, -0.2) is 47.9 Å². The normalized spacial score (nSPS) is 11.0. The lowest BCUT2D eigenvalue weighted by Crippen LogP contribution is -2.26. The van der Waals surface area contributed by atoms with Crippen LogP contribution in [0.2, 0.25) is 0 Å². The zero-order valence-electron chi connectivity index (χ0n) is 14.5. The maximum Gasteiger partial charge on any atom is 0.422 e. The van der Waals surface area contributed by atoms with Crippen LogP contribution in [0.15, 0.2) is 42.6 Å². The quantitative estimate of drug-likeness (QED) is 0.674. The number of pyridine rings is 1. The van der Waals surface area contributed by atoms with Gasteiger partial charge in [-0.3, -0.25) is 4.79 Å². The molecular formula is C18H17F3N2O5. The molecule has 10 heteroatoms. The lowest BCUT2D eigenvalue weighted by atomic mass is 10.1. The van der Waals surface area contributed by atoms with Crippen molar-refractivity contribution in [3.05, 3.63) is 53.7 Å². The molecule has 1 heterocycles. The monoisotopic (exact) mass is 398 g/mol. The van der Waals surface area contributed by atoms with Crippen molar-refractivity contribution >= 4 is 11.9 Å². The van der Waals surface area contributed by atoms with E-state index in [9.17, 15) is 22.8 Å². The van der Waals surface area contributed by atoms with Gasteiger partial charge in [-0.2, -0.15) is 13.2 Å². The molecule has 0 aliphatic carbocycles. The molecule has 0 radical (unpaired) electrons. The lowest BCUT2D eigenvalue weighted by Gasteiger charge is -2.10. The molecule has 1 amide bonds.